The van der Waals surface area contributed by atoms with Crippen LogP contribution in [0.3, 0.4) is 0 Å². The third-order valence-corrected chi connectivity index (χ3v) is 9.17. The average Bonchev–Trinajstić information content (AvgIpc) is 3.10. The number of amides is 2. The van der Waals surface area contributed by atoms with Gasteiger partial charge in [0.1, 0.15) is 0 Å². The third kappa shape index (κ3) is 10.7. The van der Waals surface area contributed by atoms with E-state index in [0.29, 0.717) is 36.3 Å². The molecular weight excluding hydrogens is 611 g/mol. The van der Waals surface area contributed by atoms with Crippen LogP contribution in [0.5, 0.6) is 0 Å². The van der Waals surface area contributed by atoms with Gasteiger partial charge in [-0.15, -0.1) is 11.8 Å². The zero-order valence-corrected chi connectivity index (χ0v) is 27.3. The van der Waals surface area contributed by atoms with Crippen LogP contribution in [0.25, 0.3) is 0 Å². The minimum Gasteiger partial charge on any atom is -0.397 e. The molecule has 246 valence electrons. The maximum atomic E-state index is 12.8. The largest absolute Gasteiger partial charge is 0.397 e. The predicted molar refractivity (Wildman–Crippen MR) is 188 cm³/mol. The average molecular weight is 654 g/mol. The summed E-state index contributed by atoms with van der Waals surface area (Å²) < 4.78 is 13.0. The molecule has 5 N–H and O–H groups in total. The van der Waals surface area contributed by atoms with Crippen molar-refractivity contribution in [3.8, 4) is 0 Å². The van der Waals surface area contributed by atoms with E-state index in [-0.39, 0.29) is 30.6 Å². The third-order valence-electron chi connectivity index (χ3n) is 8.03. The fourth-order valence-electron chi connectivity index (χ4n) is 5.46. The van der Waals surface area contributed by atoms with E-state index in [1.165, 1.54) is 4.90 Å². The number of rotatable bonds is 15. The Morgan fingerprint density at radius 2 is 1.47 bits per heavy atom. The summed E-state index contributed by atoms with van der Waals surface area (Å²) in [6.07, 6.45) is 3.91. The second-order valence-corrected chi connectivity index (χ2v) is 12.8. The SMILES string of the molecule is Nc1ccccc1NC(=O)CCCCCCC(=O)Nc1cccc([C@@H]2O[C@H](CSc3ccccc3)C[C@H](c3ccc(CO)cc3)O2)c1. The first-order valence-electron chi connectivity index (χ1n) is 16.2. The molecule has 4 aromatic rings. The molecule has 4 aromatic carbocycles. The van der Waals surface area contributed by atoms with Crippen molar-refractivity contribution in [2.75, 3.05) is 22.1 Å². The first-order valence-corrected chi connectivity index (χ1v) is 17.2. The summed E-state index contributed by atoms with van der Waals surface area (Å²) in [6.45, 7) is -0.00341. The number of unbranched alkanes of at least 4 members (excludes halogenated alkanes) is 3. The van der Waals surface area contributed by atoms with Crippen molar-refractivity contribution < 1.29 is 24.2 Å². The van der Waals surface area contributed by atoms with E-state index in [1.54, 1.807) is 23.9 Å². The van der Waals surface area contributed by atoms with E-state index in [1.807, 2.05) is 78.9 Å². The number of nitrogens with two attached hydrogens (primary N) is 1. The van der Waals surface area contributed by atoms with Gasteiger partial charge in [0, 0.05) is 41.2 Å². The van der Waals surface area contributed by atoms with E-state index < -0.39 is 6.29 Å². The topological polar surface area (TPSA) is 123 Å². The van der Waals surface area contributed by atoms with Crippen LogP contribution in [0.2, 0.25) is 0 Å². The van der Waals surface area contributed by atoms with E-state index in [2.05, 4.69) is 22.8 Å². The summed E-state index contributed by atoms with van der Waals surface area (Å²) in [4.78, 5) is 26.2. The van der Waals surface area contributed by atoms with Gasteiger partial charge in [0.15, 0.2) is 6.29 Å². The van der Waals surface area contributed by atoms with Crippen LogP contribution in [0.15, 0.2) is 108 Å². The van der Waals surface area contributed by atoms with Gasteiger partial charge >= 0.3 is 0 Å². The number of nitrogens with one attached hydrogen (secondary N) is 2. The van der Waals surface area contributed by atoms with E-state index in [0.717, 1.165) is 48.1 Å². The highest BCUT2D eigenvalue weighted by Gasteiger charge is 2.32. The van der Waals surface area contributed by atoms with Crippen molar-refractivity contribution in [3.63, 3.8) is 0 Å². The molecule has 5 rings (SSSR count). The van der Waals surface area contributed by atoms with Crippen molar-refractivity contribution >= 4 is 40.6 Å². The standard InChI is InChI=1S/C38H43N3O5S/c39-33-15-8-9-16-34(33)41-37(44)18-7-2-1-6-17-36(43)40-30-12-10-11-29(23-30)38-45-31(26-47-32-13-4-3-5-14-32)24-35(46-38)28-21-19-27(25-42)20-22-28/h3-5,8-16,19-23,31,35,38,42H,1-2,6-7,17-18,24-26,39H2,(H,40,43)(H,41,44)/t31-,35+,38+/m0/s1. The normalized spacial score (nSPS) is 17.6. The fraction of sp³-hybridized carbons (Fsp3) is 0.316. The highest BCUT2D eigenvalue weighted by molar-refractivity contribution is 7.99. The summed E-state index contributed by atoms with van der Waals surface area (Å²) in [5, 5.41) is 15.4. The monoisotopic (exact) mass is 653 g/mol. The number of nitrogen functional groups attached to an aromatic ring is 1. The number of carbonyl (C=O) groups is 2. The lowest BCUT2D eigenvalue weighted by atomic mass is 10.0. The molecule has 1 aliphatic rings. The van der Waals surface area contributed by atoms with Gasteiger partial charge in [0.2, 0.25) is 11.8 Å². The minimum atomic E-state index is -0.597. The lowest BCUT2D eigenvalue weighted by Crippen LogP contribution is -2.31. The molecule has 1 aliphatic heterocycles. The molecule has 0 saturated carbocycles. The number of aliphatic hydroxyl groups is 1. The second kappa shape index (κ2) is 17.7. The van der Waals surface area contributed by atoms with E-state index in [9.17, 15) is 14.7 Å². The molecule has 0 aromatic heterocycles. The minimum absolute atomic E-state index is 0.00341. The zero-order chi connectivity index (χ0) is 32.8. The Balaban J connectivity index is 1.11. The van der Waals surface area contributed by atoms with Crippen LogP contribution in [-0.2, 0) is 25.7 Å². The Morgan fingerprint density at radius 1 is 0.766 bits per heavy atom. The van der Waals surface area contributed by atoms with Crippen molar-refractivity contribution in [1.29, 1.82) is 0 Å². The zero-order valence-electron chi connectivity index (χ0n) is 26.5. The van der Waals surface area contributed by atoms with Crippen molar-refractivity contribution in [3.05, 3.63) is 120 Å². The molecule has 0 bridgehead atoms. The molecule has 0 aliphatic carbocycles. The number of carbonyl (C=O) groups excluding carboxylic acids is 2. The van der Waals surface area contributed by atoms with Gasteiger partial charge in [0.05, 0.1) is 30.2 Å². The quantitative estimate of drug-likeness (QED) is 0.0582. The Morgan fingerprint density at radius 3 is 2.19 bits per heavy atom. The van der Waals surface area contributed by atoms with Gasteiger partial charge in [-0.1, -0.05) is 79.6 Å². The summed E-state index contributed by atoms with van der Waals surface area (Å²) in [5.41, 5.74) is 10.5. The second-order valence-electron chi connectivity index (χ2n) is 11.7. The first-order chi connectivity index (χ1) is 23.0. The molecule has 0 spiro atoms. The van der Waals surface area contributed by atoms with Gasteiger partial charge in [-0.25, -0.2) is 0 Å². The molecular formula is C38H43N3O5S. The Hall–Kier alpha value is -4.15. The van der Waals surface area contributed by atoms with Crippen LogP contribution < -0.4 is 16.4 Å². The molecule has 1 saturated heterocycles. The van der Waals surface area contributed by atoms with Gasteiger partial charge < -0.3 is 30.9 Å². The number of hydrogen-bond donors (Lipinski definition) is 4. The molecule has 3 atom stereocenters. The van der Waals surface area contributed by atoms with E-state index >= 15 is 0 Å². The molecule has 2 amide bonds. The highest BCUT2D eigenvalue weighted by atomic mass is 32.2. The van der Waals surface area contributed by atoms with Crippen LogP contribution in [0.1, 0.15) is 74.0 Å². The summed E-state index contributed by atoms with van der Waals surface area (Å²) >= 11 is 1.76. The lowest BCUT2D eigenvalue weighted by molar-refractivity contribution is -0.245. The van der Waals surface area contributed by atoms with Gasteiger partial charge in [0.25, 0.3) is 0 Å². The molecule has 8 nitrogen and oxygen atoms in total. The van der Waals surface area contributed by atoms with Crippen molar-refractivity contribution in [2.24, 2.45) is 0 Å². The number of anilines is 3. The first kappa shape index (κ1) is 34.2. The van der Waals surface area contributed by atoms with Crippen LogP contribution >= 0.6 is 11.8 Å². The number of aliphatic hydroxyl groups excluding tert-OH is 1. The van der Waals surface area contributed by atoms with Crippen LogP contribution in [-0.4, -0.2) is 28.8 Å². The van der Waals surface area contributed by atoms with E-state index in [4.69, 9.17) is 15.2 Å². The van der Waals surface area contributed by atoms with Crippen molar-refractivity contribution in [1.82, 2.24) is 0 Å². The van der Waals surface area contributed by atoms with Crippen molar-refractivity contribution in [2.45, 2.75) is 74.9 Å². The Labute approximate surface area is 281 Å². The van der Waals surface area contributed by atoms with Gasteiger partial charge in [-0.05, 0) is 60.4 Å². The molecule has 9 heteroatoms. The van der Waals surface area contributed by atoms with Gasteiger partial charge in [-0.3, -0.25) is 9.59 Å². The fourth-order valence-corrected chi connectivity index (χ4v) is 6.41. The molecule has 1 heterocycles. The summed E-state index contributed by atoms with van der Waals surface area (Å²) in [5.74, 6) is 0.667. The maximum Gasteiger partial charge on any atom is 0.224 e. The van der Waals surface area contributed by atoms with Crippen LogP contribution in [0.4, 0.5) is 17.1 Å². The maximum absolute atomic E-state index is 12.8. The lowest BCUT2D eigenvalue weighted by Gasteiger charge is -2.36. The smallest absolute Gasteiger partial charge is 0.224 e. The molecule has 0 radical (unpaired) electrons. The Kier molecular flexibility index (Phi) is 12.9. The predicted octanol–water partition coefficient (Wildman–Crippen LogP) is 8.02. The molecule has 0 unspecified atom stereocenters. The summed E-state index contributed by atoms with van der Waals surface area (Å²) in [7, 11) is 0. The summed E-state index contributed by atoms with van der Waals surface area (Å²) in [6, 6.07) is 33.0. The van der Waals surface area contributed by atoms with Gasteiger partial charge in [-0.2, -0.15) is 0 Å². The number of ether oxygens (including phenoxy) is 2. The van der Waals surface area contributed by atoms with Crippen LogP contribution in [0, 0.1) is 0 Å². The number of benzene rings is 4. The highest BCUT2D eigenvalue weighted by Crippen LogP contribution is 2.40. The number of hydrogen-bond acceptors (Lipinski definition) is 7. The Bertz CT molecular complexity index is 1580. The number of para-hydroxylation sites is 2. The molecule has 47 heavy (non-hydrogen) atoms. The number of thioether (sulfide) groups is 1. The molecule has 1 fully saturated rings.